The van der Waals surface area contributed by atoms with Crippen LogP contribution in [0.2, 0.25) is 0 Å². The fourth-order valence-electron chi connectivity index (χ4n) is 2.01. The summed E-state index contributed by atoms with van der Waals surface area (Å²) in [7, 11) is 0. The van der Waals surface area contributed by atoms with Gasteiger partial charge >= 0.3 is 0 Å². The minimum absolute atomic E-state index is 0.0964. The van der Waals surface area contributed by atoms with Crippen LogP contribution in [0.5, 0.6) is 0 Å². The highest BCUT2D eigenvalue weighted by molar-refractivity contribution is 7.15. The van der Waals surface area contributed by atoms with E-state index in [4.69, 9.17) is 5.84 Å². The average molecular weight is 272 g/mol. The number of amidine groups is 1. The maximum atomic E-state index is 13.1. The van der Waals surface area contributed by atoms with Gasteiger partial charge in [0.1, 0.15) is 5.84 Å². The topological polar surface area (TPSA) is 78.6 Å². The highest BCUT2D eigenvalue weighted by atomic mass is 32.1. The number of hydrogen-bond acceptors (Lipinski definition) is 7. The monoisotopic (exact) mass is 272 g/mol. The van der Waals surface area contributed by atoms with Crippen molar-refractivity contribution in [3.8, 4) is 0 Å². The molecule has 3 heterocycles. The molecule has 1 aromatic heterocycles. The number of anilines is 1. The number of halogens is 1. The maximum Gasteiger partial charge on any atom is 0.197 e. The third-order valence-electron chi connectivity index (χ3n) is 2.71. The molecule has 4 N–H and O–H groups in total. The van der Waals surface area contributed by atoms with Gasteiger partial charge in [0.2, 0.25) is 0 Å². The van der Waals surface area contributed by atoms with Crippen LogP contribution in [0, 0.1) is 0 Å². The SMILES string of the molecule is CC.NNc1nc2c(s1)CCN=C1NN(F)CC12. The van der Waals surface area contributed by atoms with Gasteiger partial charge in [0.15, 0.2) is 5.13 Å². The molecular weight excluding hydrogens is 255 g/mol. The molecule has 1 fully saturated rings. The van der Waals surface area contributed by atoms with Gasteiger partial charge in [-0.2, -0.15) is 0 Å². The quantitative estimate of drug-likeness (QED) is 0.407. The summed E-state index contributed by atoms with van der Waals surface area (Å²) in [5.74, 6) is 5.90. The number of hydrazine groups is 2. The Hall–Kier alpha value is -1.25. The van der Waals surface area contributed by atoms with Crippen molar-refractivity contribution in [3.05, 3.63) is 10.6 Å². The fourth-order valence-corrected chi connectivity index (χ4v) is 2.93. The molecule has 0 radical (unpaired) electrons. The summed E-state index contributed by atoms with van der Waals surface area (Å²) >= 11 is 1.51. The Labute approximate surface area is 109 Å². The Balaban J connectivity index is 0.000000574. The van der Waals surface area contributed by atoms with E-state index in [1.165, 1.54) is 11.3 Å². The zero-order chi connectivity index (χ0) is 13.1. The summed E-state index contributed by atoms with van der Waals surface area (Å²) in [5, 5.41) is 1.22. The van der Waals surface area contributed by atoms with Crippen molar-refractivity contribution >= 4 is 22.3 Å². The predicted molar refractivity (Wildman–Crippen MR) is 71.0 cm³/mol. The molecule has 1 unspecified atom stereocenters. The van der Waals surface area contributed by atoms with Gasteiger partial charge in [-0.1, -0.05) is 19.1 Å². The zero-order valence-corrected chi connectivity index (χ0v) is 11.2. The summed E-state index contributed by atoms with van der Waals surface area (Å²) in [4.78, 5) is 9.82. The molecule has 1 aromatic rings. The smallest absolute Gasteiger partial charge is 0.197 e. The number of hydrogen-bond donors (Lipinski definition) is 3. The van der Waals surface area contributed by atoms with Crippen molar-refractivity contribution in [1.82, 2.24) is 15.6 Å². The minimum atomic E-state index is -0.0964. The largest absolute Gasteiger partial charge is 0.300 e. The van der Waals surface area contributed by atoms with E-state index in [0.717, 1.165) is 17.0 Å². The second kappa shape index (κ2) is 5.59. The van der Waals surface area contributed by atoms with E-state index >= 15 is 0 Å². The second-order valence-electron chi connectivity index (χ2n) is 3.70. The Kier molecular flexibility index (Phi) is 4.10. The first-order valence-electron chi connectivity index (χ1n) is 5.98. The van der Waals surface area contributed by atoms with E-state index in [9.17, 15) is 4.48 Å². The van der Waals surface area contributed by atoms with Gasteiger partial charge in [0.05, 0.1) is 18.2 Å². The number of nitrogen functional groups attached to an aromatic ring is 1. The third kappa shape index (κ3) is 2.31. The second-order valence-corrected chi connectivity index (χ2v) is 4.78. The Bertz CT molecular complexity index is 446. The van der Waals surface area contributed by atoms with Crippen LogP contribution in [0.4, 0.5) is 9.61 Å². The Morgan fingerprint density at radius 1 is 1.56 bits per heavy atom. The summed E-state index contributed by atoms with van der Waals surface area (Å²) < 4.78 is 13.1. The van der Waals surface area contributed by atoms with Gasteiger partial charge in [-0.3, -0.25) is 15.8 Å². The maximum absolute atomic E-state index is 13.1. The number of fused-ring (bicyclic) bond motifs is 3. The lowest BCUT2D eigenvalue weighted by molar-refractivity contribution is 0.0113. The first-order chi connectivity index (χ1) is 8.78. The first-order valence-corrected chi connectivity index (χ1v) is 6.80. The molecule has 0 bridgehead atoms. The number of aliphatic imine (C=N–C) groups is 1. The molecule has 1 atom stereocenters. The molecule has 0 aliphatic carbocycles. The molecule has 100 valence electrons. The molecule has 0 saturated carbocycles. The van der Waals surface area contributed by atoms with Crippen molar-refractivity contribution in [2.24, 2.45) is 10.8 Å². The molecule has 8 heteroatoms. The molecule has 0 spiro atoms. The lowest BCUT2D eigenvalue weighted by Gasteiger charge is -2.03. The zero-order valence-electron chi connectivity index (χ0n) is 10.4. The van der Waals surface area contributed by atoms with E-state index < -0.39 is 0 Å². The number of rotatable bonds is 1. The number of aromatic nitrogens is 1. The molecule has 1 saturated heterocycles. The van der Waals surface area contributed by atoms with E-state index in [2.05, 4.69) is 20.8 Å². The van der Waals surface area contributed by atoms with Crippen LogP contribution in [0.3, 0.4) is 0 Å². The van der Waals surface area contributed by atoms with Crippen molar-refractivity contribution in [2.45, 2.75) is 26.2 Å². The number of nitrogens with two attached hydrogens (primary N) is 1. The highest BCUT2D eigenvalue weighted by Crippen LogP contribution is 2.33. The van der Waals surface area contributed by atoms with Crippen molar-refractivity contribution in [2.75, 3.05) is 18.5 Å². The first kappa shape index (κ1) is 13.2. The normalized spacial score (nSPS) is 21.8. The molecule has 2 aliphatic heterocycles. The molecule has 2 aliphatic rings. The molecule has 6 nitrogen and oxygen atoms in total. The number of nitrogens with zero attached hydrogens (tertiary/aromatic N) is 3. The van der Waals surface area contributed by atoms with E-state index in [-0.39, 0.29) is 12.5 Å². The van der Waals surface area contributed by atoms with Crippen LogP contribution in [0.15, 0.2) is 4.99 Å². The molecule has 0 amide bonds. The van der Waals surface area contributed by atoms with Crippen LogP contribution in [-0.2, 0) is 6.42 Å². The van der Waals surface area contributed by atoms with Gasteiger partial charge in [0, 0.05) is 17.8 Å². The van der Waals surface area contributed by atoms with Gasteiger partial charge < -0.3 is 0 Å². The Morgan fingerprint density at radius 2 is 2.33 bits per heavy atom. The predicted octanol–water partition coefficient (Wildman–Crippen LogP) is 1.20. The van der Waals surface area contributed by atoms with Crippen molar-refractivity contribution < 1.29 is 4.48 Å². The summed E-state index contributed by atoms with van der Waals surface area (Å²) in [6.07, 6.45) is 0.836. The lowest BCUT2D eigenvalue weighted by atomic mass is 10.1. The van der Waals surface area contributed by atoms with Crippen molar-refractivity contribution in [3.63, 3.8) is 0 Å². The van der Waals surface area contributed by atoms with Crippen LogP contribution in [-0.4, -0.2) is 29.1 Å². The summed E-state index contributed by atoms with van der Waals surface area (Å²) in [6, 6.07) is 0. The van der Waals surface area contributed by atoms with Gasteiger partial charge in [-0.25, -0.2) is 10.8 Å². The summed E-state index contributed by atoms with van der Waals surface area (Å²) in [6.45, 7) is 4.91. The molecule has 18 heavy (non-hydrogen) atoms. The third-order valence-corrected chi connectivity index (χ3v) is 3.77. The minimum Gasteiger partial charge on any atom is -0.300 e. The van der Waals surface area contributed by atoms with Crippen LogP contribution in [0.25, 0.3) is 0 Å². The average Bonchev–Trinajstić information content (AvgIpc) is 2.92. The van der Waals surface area contributed by atoms with Crippen LogP contribution < -0.4 is 16.7 Å². The fraction of sp³-hybridized carbons (Fsp3) is 0.600. The van der Waals surface area contributed by atoms with Gasteiger partial charge in [-0.05, 0) is 0 Å². The van der Waals surface area contributed by atoms with Crippen LogP contribution >= 0.6 is 11.3 Å². The van der Waals surface area contributed by atoms with Gasteiger partial charge in [-0.15, -0.1) is 15.8 Å². The van der Waals surface area contributed by atoms with Crippen LogP contribution in [0.1, 0.15) is 30.3 Å². The summed E-state index contributed by atoms with van der Waals surface area (Å²) in [5.41, 5.74) is 6.02. The highest BCUT2D eigenvalue weighted by Gasteiger charge is 2.35. The van der Waals surface area contributed by atoms with Crippen molar-refractivity contribution in [1.29, 1.82) is 0 Å². The van der Waals surface area contributed by atoms with E-state index in [1.807, 2.05) is 13.8 Å². The van der Waals surface area contributed by atoms with Gasteiger partial charge in [0.25, 0.3) is 0 Å². The standard InChI is InChI=1S/C8H11FN6S.C2H6/c9-15-3-4-6-5(16-8(12-6)13-10)1-2-11-7(4)14-15;1-2/h4H,1-3,10H2,(H,11,14)(H,12,13);1-2H3. The van der Waals surface area contributed by atoms with E-state index in [1.54, 1.807) is 0 Å². The number of thiazole rings is 1. The van der Waals surface area contributed by atoms with E-state index in [0.29, 0.717) is 22.7 Å². The molecular formula is C10H17FN6S. The molecule has 0 aromatic carbocycles. The number of nitrogens with one attached hydrogen (secondary N) is 2. The lowest BCUT2D eigenvalue weighted by Crippen LogP contribution is -2.26. The Morgan fingerprint density at radius 3 is 3.06 bits per heavy atom. The molecule has 3 rings (SSSR count).